The summed E-state index contributed by atoms with van der Waals surface area (Å²) >= 11 is 0. The molecule has 1 aliphatic rings. The number of carbonyl (C=O) groups is 1. The van der Waals surface area contributed by atoms with Crippen LogP contribution in [0.5, 0.6) is 0 Å². The maximum Gasteiger partial charge on any atom is 0.408 e. The lowest BCUT2D eigenvalue weighted by molar-refractivity contribution is 0.138. The largest absolute Gasteiger partial charge is 0.504 e. The molecule has 3 aromatic carbocycles. The van der Waals surface area contributed by atoms with Crippen LogP contribution in [-0.4, -0.2) is 17.8 Å². The number of diazo groups is 1. The van der Waals surface area contributed by atoms with Crippen molar-refractivity contribution in [1.29, 1.82) is 5.39 Å². The number of aliphatic hydroxyl groups is 1. The third-order valence-electron chi connectivity index (χ3n) is 5.22. The zero-order valence-corrected chi connectivity index (χ0v) is 16.1. The Balaban J connectivity index is 1.51. The Morgan fingerprint density at radius 1 is 1.00 bits per heavy atom. The van der Waals surface area contributed by atoms with Crippen LogP contribution in [0.2, 0.25) is 0 Å². The first-order chi connectivity index (χ1) is 14.7. The number of ether oxygens (including phenoxy) is 1. The fourth-order valence-electron chi connectivity index (χ4n) is 3.87. The number of benzene rings is 3. The molecule has 148 valence electrons. The molecule has 3 aromatic rings. The molecule has 0 bridgehead atoms. The van der Waals surface area contributed by atoms with Crippen LogP contribution in [-0.2, 0) is 4.74 Å². The number of fused-ring (bicyclic) bond motifs is 3. The van der Waals surface area contributed by atoms with Crippen molar-refractivity contribution in [3.05, 3.63) is 112 Å². The molecule has 0 spiro atoms. The molecule has 6 nitrogen and oxygen atoms in total. The monoisotopic (exact) mass is 398 g/mol. The minimum atomic E-state index is -0.891. The summed E-state index contributed by atoms with van der Waals surface area (Å²) < 4.78 is 5.54. The standard InChI is InChI=1S/C24H19N3O3/c25-26-14-22(28)23(16-8-2-1-3-9-16)27-24(29)30-15-21-19-12-6-4-10-17(19)18-11-5-7-13-20(18)21/h1-14,21,23H,15H2,(H-,27,28,29)/p+1/b22-14-/t23-/m1/s1. The lowest BCUT2D eigenvalue weighted by atomic mass is 9.98. The van der Waals surface area contributed by atoms with E-state index in [1.165, 1.54) is 0 Å². The van der Waals surface area contributed by atoms with Crippen molar-refractivity contribution in [3.8, 4) is 11.1 Å². The molecular weight excluding hydrogens is 378 g/mol. The molecule has 6 heteroatoms. The van der Waals surface area contributed by atoms with E-state index in [0.29, 0.717) is 5.56 Å². The highest BCUT2D eigenvalue weighted by atomic mass is 16.5. The molecule has 0 saturated heterocycles. The fraction of sp³-hybridized carbons (Fsp3) is 0.125. The van der Waals surface area contributed by atoms with Crippen molar-refractivity contribution in [2.45, 2.75) is 12.0 Å². The molecule has 4 rings (SSSR count). The highest BCUT2D eigenvalue weighted by Crippen LogP contribution is 2.44. The third kappa shape index (κ3) is 3.74. The van der Waals surface area contributed by atoms with Crippen molar-refractivity contribution in [2.24, 2.45) is 0 Å². The zero-order chi connectivity index (χ0) is 20.9. The Labute approximate surface area is 174 Å². The van der Waals surface area contributed by atoms with Crippen molar-refractivity contribution in [2.75, 3.05) is 6.61 Å². The number of nitrogens with zero attached hydrogens (tertiary/aromatic N) is 2. The Morgan fingerprint density at radius 2 is 1.57 bits per heavy atom. The van der Waals surface area contributed by atoms with Gasteiger partial charge >= 0.3 is 12.3 Å². The van der Waals surface area contributed by atoms with Gasteiger partial charge in [0.05, 0.1) is 0 Å². The highest BCUT2D eigenvalue weighted by Gasteiger charge is 2.30. The van der Waals surface area contributed by atoms with Crippen LogP contribution in [0.1, 0.15) is 28.7 Å². The highest BCUT2D eigenvalue weighted by molar-refractivity contribution is 5.79. The molecule has 1 aliphatic carbocycles. The van der Waals surface area contributed by atoms with Crippen LogP contribution in [0.4, 0.5) is 4.79 Å². The van der Waals surface area contributed by atoms with Gasteiger partial charge < -0.3 is 15.2 Å². The Kier molecular flexibility index (Phi) is 5.44. The maximum atomic E-state index is 12.6. The van der Waals surface area contributed by atoms with Crippen LogP contribution in [0.3, 0.4) is 0 Å². The average Bonchev–Trinajstić information content (AvgIpc) is 3.10. The number of nitrogens with one attached hydrogen (secondary N) is 1. The summed E-state index contributed by atoms with van der Waals surface area (Å²) in [6.07, 6.45) is 0.199. The van der Waals surface area contributed by atoms with Gasteiger partial charge in [-0.2, -0.15) is 0 Å². The molecule has 0 saturated carbocycles. The molecule has 0 aromatic heterocycles. The van der Waals surface area contributed by atoms with Gasteiger partial charge in [0, 0.05) is 5.92 Å². The SMILES string of the molecule is N#[N+]/C=C(\O)[C@H](NC(=O)OCC1c2ccccc2-c2ccccc21)c1ccccc1. The van der Waals surface area contributed by atoms with Gasteiger partial charge in [0.15, 0.2) is 4.98 Å². The van der Waals surface area contributed by atoms with E-state index in [1.807, 2.05) is 42.5 Å². The quantitative estimate of drug-likeness (QED) is 0.438. The van der Waals surface area contributed by atoms with Crippen LogP contribution < -0.4 is 5.32 Å². The van der Waals surface area contributed by atoms with E-state index < -0.39 is 12.1 Å². The first-order valence-electron chi connectivity index (χ1n) is 9.58. The number of amides is 1. The second kappa shape index (κ2) is 8.50. The molecule has 0 radical (unpaired) electrons. The van der Waals surface area contributed by atoms with Crippen LogP contribution in [0.15, 0.2) is 90.8 Å². The van der Waals surface area contributed by atoms with Gasteiger partial charge in [0.1, 0.15) is 12.6 Å². The molecule has 0 aliphatic heterocycles. The normalized spacial score (nSPS) is 13.6. The minimum Gasteiger partial charge on any atom is -0.504 e. The summed E-state index contributed by atoms with van der Waals surface area (Å²) in [7, 11) is 0. The minimum absolute atomic E-state index is 0.0603. The topological polar surface area (TPSA) is 86.7 Å². The smallest absolute Gasteiger partial charge is 0.408 e. The van der Waals surface area contributed by atoms with Gasteiger partial charge in [-0.05, 0) is 27.8 Å². The van der Waals surface area contributed by atoms with E-state index in [9.17, 15) is 9.90 Å². The van der Waals surface area contributed by atoms with E-state index in [0.717, 1.165) is 28.5 Å². The van der Waals surface area contributed by atoms with E-state index in [4.69, 9.17) is 10.1 Å². The number of carbonyl (C=O) groups excluding carboxylic acids is 1. The summed E-state index contributed by atoms with van der Waals surface area (Å²) in [6, 6.07) is 24.2. The first-order valence-corrected chi connectivity index (χ1v) is 9.58. The predicted molar refractivity (Wildman–Crippen MR) is 113 cm³/mol. The van der Waals surface area contributed by atoms with Gasteiger partial charge in [-0.3, -0.25) is 0 Å². The summed E-state index contributed by atoms with van der Waals surface area (Å²) in [5, 5.41) is 21.6. The van der Waals surface area contributed by atoms with Gasteiger partial charge in [-0.15, -0.1) is 0 Å². The molecule has 0 unspecified atom stereocenters. The molecule has 0 fully saturated rings. The number of alkyl carbamates (subject to hydrolysis) is 1. The van der Waals surface area contributed by atoms with Gasteiger partial charge in [-0.25, -0.2) is 4.79 Å². The lowest BCUT2D eigenvalue weighted by Crippen LogP contribution is -2.31. The predicted octanol–water partition coefficient (Wildman–Crippen LogP) is 5.52. The van der Waals surface area contributed by atoms with E-state index >= 15 is 0 Å². The average molecular weight is 398 g/mol. The Bertz CT molecular complexity index is 1090. The van der Waals surface area contributed by atoms with Gasteiger partial charge in [-0.1, -0.05) is 78.9 Å². The fourth-order valence-corrected chi connectivity index (χ4v) is 3.87. The second-order valence-corrected chi connectivity index (χ2v) is 6.98. The first kappa shape index (κ1) is 19.2. The molecular formula is C24H20N3O3+. The second-order valence-electron chi connectivity index (χ2n) is 6.98. The lowest BCUT2D eigenvalue weighted by Gasteiger charge is -2.18. The number of hydrogen-bond acceptors (Lipinski definition) is 4. The summed E-state index contributed by atoms with van der Waals surface area (Å²) in [5.74, 6) is -0.368. The van der Waals surface area contributed by atoms with Crippen molar-refractivity contribution >= 4 is 6.09 Å². The van der Waals surface area contributed by atoms with Crippen molar-refractivity contribution < 1.29 is 14.6 Å². The Hall–Kier alpha value is -4.11. The van der Waals surface area contributed by atoms with Crippen molar-refractivity contribution in [3.63, 3.8) is 0 Å². The summed E-state index contributed by atoms with van der Waals surface area (Å²) in [5.41, 5.74) is 5.16. The molecule has 0 heterocycles. The summed E-state index contributed by atoms with van der Waals surface area (Å²) in [4.78, 5) is 15.4. The summed E-state index contributed by atoms with van der Waals surface area (Å²) in [6.45, 7) is 0.163. The number of rotatable bonds is 5. The van der Waals surface area contributed by atoms with E-state index in [1.54, 1.807) is 24.3 Å². The molecule has 2 N–H and O–H groups in total. The molecule has 1 amide bonds. The van der Waals surface area contributed by atoms with Crippen LogP contribution >= 0.6 is 0 Å². The van der Waals surface area contributed by atoms with Gasteiger partial charge in [0.2, 0.25) is 11.2 Å². The van der Waals surface area contributed by atoms with Crippen LogP contribution in [0.25, 0.3) is 16.1 Å². The Morgan fingerprint density at radius 3 is 2.17 bits per heavy atom. The van der Waals surface area contributed by atoms with Crippen LogP contribution in [0, 0.1) is 5.39 Å². The van der Waals surface area contributed by atoms with Gasteiger partial charge in [0.25, 0.3) is 0 Å². The molecule has 1 atom stereocenters. The van der Waals surface area contributed by atoms with E-state index in [-0.39, 0.29) is 18.3 Å². The van der Waals surface area contributed by atoms with E-state index in [2.05, 4.69) is 22.4 Å². The maximum absolute atomic E-state index is 12.6. The zero-order valence-electron chi connectivity index (χ0n) is 16.1. The molecule has 30 heavy (non-hydrogen) atoms. The third-order valence-corrected chi connectivity index (χ3v) is 5.22. The van der Waals surface area contributed by atoms with Crippen molar-refractivity contribution in [1.82, 2.24) is 5.32 Å². The number of hydrogen-bond donors (Lipinski definition) is 2. The number of aliphatic hydroxyl groups excluding tert-OH is 1.